The fraction of sp³-hybridized carbons (Fsp3) is 0.471. The molecule has 126 valence electrons. The van der Waals surface area contributed by atoms with Crippen molar-refractivity contribution in [3.8, 4) is 0 Å². The van der Waals surface area contributed by atoms with Crippen molar-refractivity contribution in [1.29, 1.82) is 0 Å². The number of aromatic nitrogens is 3. The lowest BCUT2D eigenvalue weighted by molar-refractivity contribution is 0.633. The van der Waals surface area contributed by atoms with Gasteiger partial charge in [0.05, 0.1) is 16.1 Å². The predicted octanol–water partition coefficient (Wildman–Crippen LogP) is 4.41. The molecule has 0 fully saturated rings. The topological polar surface area (TPSA) is 47.8 Å². The third-order valence-electron chi connectivity index (χ3n) is 4.37. The zero-order valence-electron chi connectivity index (χ0n) is 13.8. The van der Waals surface area contributed by atoms with Crippen LogP contribution in [0.1, 0.15) is 40.9 Å². The summed E-state index contributed by atoms with van der Waals surface area (Å²) < 4.78 is 1.83. The first kappa shape index (κ1) is 16.3. The van der Waals surface area contributed by atoms with Gasteiger partial charge in [0.1, 0.15) is 4.83 Å². The van der Waals surface area contributed by atoms with Gasteiger partial charge in [0.25, 0.3) is 5.56 Å². The maximum absolute atomic E-state index is 13.0. The zero-order valence-corrected chi connectivity index (χ0v) is 16.2. The Labute approximate surface area is 153 Å². The average Bonchev–Trinajstić information content (AvgIpc) is 3.16. The summed E-state index contributed by atoms with van der Waals surface area (Å²) >= 11 is 5.00. The van der Waals surface area contributed by atoms with Crippen molar-refractivity contribution in [2.45, 2.75) is 57.0 Å². The number of thiazole rings is 1. The smallest absolute Gasteiger partial charge is 0.263 e. The number of nitrogens with zero attached hydrogens (tertiary/aromatic N) is 3. The number of rotatable bonds is 4. The molecule has 4 rings (SSSR count). The van der Waals surface area contributed by atoms with E-state index in [9.17, 15) is 4.79 Å². The first-order valence-corrected chi connectivity index (χ1v) is 10.9. The molecule has 0 bridgehead atoms. The second-order valence-electron chi connectivity index (χ2n) is 5.98. The molecule has 0 radical (unpaired) electrons. The van der Waals surface area contributed by atoms with Crippen LogP contribution < -0.4 is 5.56 Å². The van der Waals surface area contributed by atoms with Gasteiger partial charge in [-0.3, -0.25) is 9.36 Å². The normalized spacial score (nSPS) is 14.2. The van der Waals surface area contributed by atoms with Crippen LogP contribution >= 0.6 is 34.4 Å². The summed E-state index contributed by atoms with van der Waals surface area (Å²) in [6, 6.07) is 0. The largest absolute Gasteiger partial charge is 0.287 e. The highest BCUT2D eigenvalue weighted by atomic mass is 32.2. The summed E-state index contributed by atoms with van der Waals surface area (Å²) in [5, 5.41) is 4.86. The molecule has 1 aliphatic rings. The lowest BCUT2D eigenvalue weighted by Gasteiger charge is -2.11. The highest BCUT2D eigenvalue weighted by Gasteiger charge is 2.21. The Hall–Kier alpha value is -1.18. The molecule has 0 saturated heterocycles. The minimum Gasteiger partial charge on any atom is -0.287 e. The number of aryl methyl sites for hydroxylation is 3. The predicted molar refractivity (Wildman–Crippen MR) is 103 cm³/mol. The number of fused-ring (bicyclic) bond motifs is 3. The van der Waals surface area contributed by atoms with Crippen LogP contribution in [0.5, 0.6) is 0 Å². The van der Waals surface area contributed by atoms with Crippen molar-refractivity contribution in [2.24, 2.45) is 0 Å². The third kappa shape index (κ3) is 2.82. The molecule has 3 aromatic heterocycles. The number of thioether (sulfide) groups is 1. The van der Waals surface area contributed by atoms with Crippen LogP contribution in [0, 0.1) is 6.92 Å². The summed E-state index contributed by atoms with van der Waals surface area (Å²) in [4.78, 5) is 24.7. The maximum atomic E-state index is 13.0. The first-order valence-electron chi connectivity index (χ1n) is 8.26. The van der Waals surface area contributed by atoms with Crippen LogP contribution in [0.15, 0.2) is 15.3 Å². The Morgan fingerprint density at radius 2 is 2.12 bits per heavy atom. The molecule has 0 amide bonds. The van der Waals surface area contributed by atoms with Gasteiger partial charge in [0.2, 0.25) is 0 Å². The van der Waals surface area contributed by atoms with Crippen LogP contribution in [0.3, 0.4) is 0 Å². The summed E-state index contributed by atoms with van der Waals surface area (Å²) in [7, 11) is 0. The van der Waals surface area contributed by atoms with Gasteiger partial charge in [-0.15, -0.1) is 22.7 Å². The van der Waals surface area contributed by atoms with Crippen LogP contribution in [-0.2, 0) is 25.1 Å². The number of hydrogen-bond donors (Lipinski definition) is 0. The maximum Gasteiger partial charge on any atom is 0.263 e. The fourth-order valence-electron chi connectivity index (χ4n) is 3.22. The summed E-state index contributed by atoms with van der Waals surface area (Å²) in [5.74, 6) is 0.757. The van der Waals surface area contributed by atoms with Gasteiger partial charge in [0.15, 0.2) is 5.16 Å². The Kier molecular flexibility index (Phi) is 4.49. The molecule has 0 atom stereocenters. The highest BCUT2D eigenvalue weighted by molar-refractivity contribution is 7.98. The Morgan fingerprint density at radius 1 is 1.29 bits per heavy atom. The fourth-order valence-corrected chi connectivity index (χ4v) is 6.20. The molecule has 1 aliphatic carbocycles. The van der Waals surface area contributed by atoms with Crippen LogP contribution in [0.25, 0.3) is 10.2 Å². The van der Waals surface area contributed by atoms with E-state index in [2.05, 4.69) is 10.4 Å². The Balaban J connectivity index is 1.76. The number of hydrogen-bond acceptors (Lipinski definition) is 6. The van der Waals surface area contributed by atoms with Gasteiger partial charge >= 0.3 is 0 Å². The lowest BCUT2D eigenvalue weighted by atomic mass is 9.97. The van der Waals surface area contributed by atoms with Crippen molar-refractivity contribution < 1.29 is 0 Å². The minimum atomic E-state index is 0.138. The molecule has 3 aromatic rings. The van der Waals surface area contributed by atoms with E-state index in [1.807, 2.05) is 18.4 Å². The second kappa shape index (κ2) is 6.61. The summed E-state index contributed by atoms with van der Waals surface area (Å²) in [6.07, 6.45) is 4.54. The molecular weight excluding hydrogens is 358 g/mol. The van der Waals surface area contributed by atoms with Crippen LogP contribution in [0.4, 0.5) is 0 Å². The van der Waals surface area contributed by atoms with Gasteiger partial charge in [-0.05, 0) is 45.1 Å². The van der Waals surface area contributed by atoms with E-state index >= 15 is 0 Å². The van der Waals surface area contributed by atoms with Crippen molar-refractivity contribution >= 4 is 44.7 Å². The third-order valence-corrected chi connectivity index (χ3v) is 7.39. The van der Waals surface area contributed by atoms with Crippen molar-refractivity contribution in [3.05, 3.63) is 36.9 Å². The van der Waals surface area contributed by atoms with Gasteiger partial charge in [-0.2, -0.15) is 0 Å². The Bertz CT molecular complexity index is 954. The Morgan fingerprint density at radius 3 is 2.88 bits per heavy atom. The van der Waals surface area contributed by atoms with E-state index < -0.39 is 0 Å². The summed E-state index contributed by atoms with van der Waals surface area (Å²) in [5.41, 5.74) is 2.47. The SMILES string of the molecule is CCn1c(SCc2csc(C)n2)nc2sc3c(c2c1=O)CCCC3. The van der Waals surface area contributed by atoms with Crippen LogP contribution in [0.2, 0.25) is 0 Å². The molecule has 0 saturated carbocycles. The quantitative estimate of drug-likeness (QED) is 0.499. The molecule has 7 heteroatoms. The van der Waals surface area contributed by atoms with Gasteiger partial charge < -0.3 is 0 Å². The summed E-state index contributed by atoms with van der Waals surface area (Å²) in [6.45, 7) is 4.69. The molecule has 0 unspecified atom stereocenters. The van der Waals surface area contributed by atoms with Crippen molar-refractivity contribution in [2.75, 3.05) is 0 Å². The average molecular weight is 378 g/mol. The minimum absolute atomic E-state index is 0.138. The van der Waals surface area contributed by atoms with E-state index in [4.69, 9.17) is 4.98 Å². The van der Waals surface area contributed by atoms with Gasteiger partial charge in [-0.1, -0.05) is 11.8 Å². The van der Waals surface area contributed by atoms with E-state index in [1.165, 1.54) is 23.3 Å². The van der Waals surface area contributed by atoms with E-state index in [0.29, 0.717) is 6.54 Å². The molecule has 3 heterocycles. The van der Waals surface area contributed by atoms with Gasteiger partial charge in [0, 0.05) is 22.6 Å². The second-order valence-corrected chi connectivity index (χ2v) is 9.07. The van der Waals surface area contributed by atoms with E-state index in [0.717, 1.165) is 44.7 Å². The highest BCUT2D eigenvalue weighted by Crippen LogP contribution is 2.35. The first-order chi connectivity index (χ1) is 11.7. The van der Waals surface area contributed by atoms with Gasteiger partial charge in [-0.25, -0.2) is 9.97 Å². The van der Waals surface area contributed by atoms with Crippen molar-refractivity contribution in [1.82, 2.24) is 14.5 Å². The zero-order chi connectivity index (χ0) is 16.7. The monoisotopic (exact) mass is 377 g/mol. The van der Waals surface area contributed by atoms with E-state index in [1.54, 1.807) is 34.4 Å². The van der Waals surface area contributed by atoms with E-state index in [-0.39, 0.29) is 5.56 Å². The molecule has 0 aliphatic heterocycles. The molecule has 0 N–H and O–H groups in total. The number of thiophene rings is 1. The molecule has 0 aromatic carbocycles. The molecule has 24 heavy (non-hydrogen) atoms. The molecular formula is C17H19N3OS3. The molecule has 0 spiro atoms. The molecule has 4 nitrogen and oxygen atoms in total. The van der Waals surface area contributed by atoms with Crippen molar-refractivity contribution in [3.63, 3.8) is 0 Å². The standard InChI is InChI=1S/C17H19N3OS3/c1-3-20-16(21)14-12-6-4-5-7-13(12)24-15(14)19-17(20)23-9-11-8-22-10(2)18-11/h8H,3-7,9H2,1-2H3. The van der Waals surface area contributed by atoms with Crippen LogP contribution in [-0.4, -0.2) is 14.5 Å². The lowest BCUT2D eigenvalue weighted by Crippen LogP contribution is -2.23.